The summed E-state index contributed by atoms with van der Waals surface area (Å²) in [4.78, 5) is 13.6. The SMILES string of the molecule is C=CCNC(=O)CN1CCN(S(=O)(=O)c2ccc(F)cc2)CC1. The number of benzene rings is 1. The van der Waals surface area contributed by atoms with E-state index in [9.17, 15) is 17.6 Å². The Bertz CT molecular complexity index is 653. The first-order chi connectivity index (χ1) is 10.9. The van der Waals surface area contributed by atoms with Gasteiger partial charge in [-0.05, 0) is 24.3 Å². The Balaban J connectivity index is 1.92. The third kappa shape index (κ3) is 4.60. The molecule has 8 heteroatoms. The number of nitrogens with zero attached hydrogens (tertiary/aromatic N) is 2. The van der Waals surface area contributed by atoms with Crippen LogP contribution in [0.15, 0.2) is 41.8 Å². The van der Waals surface area contributed by atoms with E-state index in [2.05, 4.69) is 11.9 Å². The summed E-state index contributed by atoms with van der Waals surface area (Å²) in [5, 5.41) is 2.69. The van der Waals surface area contributed by atoms with Crippen molar-refractivity contribution < 1.29 is 17.6 Å². The van der Waals surface area contributed by atoms with E-state index in [-0.39, 0.29) is 17.3 Å². The molecule has 1 saturated heterocycles. The zero-order chi connectivity index (χ0) is 16.9. The van der Waals surface area contributed by atoms with Crippen molar-refractivity contribution in [3.8, 4) is 0 Å². The second kappa shape index (κ2) is 7.67. The predicted octanol–water partition coefficient (Wildman–Crippen LogP) is 0.434. The van der Waals surface area contributed by atoms with Gasteiger partial charge in [0.1, 0.15) is 5.82 Å². The fraction of sp³-hybridized carbons (Fsp3) is 0.400. The van der Waals surface area contributed by atoms with E-state index in [0.29, 0.717) is 32.7 Å². The number of rotatable bonds is 6. The van der Waals surface area contributed by atoms with Crippen LogP contribution in [0.5, 0.6) is 0 Å². The molecule has 23 heavy (non-hydrogen) atoms. The highest BCUT2D eigenvalue weighted by molar-refractivity contribution is 7.89. The van der Waals surface area contributed by atoms with Crippen LogP contribution < -0.4 is 5.32 Å². The Morgan fingerprint density at radius 3 is 2.39 bits per heavy atom. The minimum Gasteiger partial charge on any atom is -0.352 e. The number of carbonyl (C=O) groups is 1. The number of carbonyl (C=O) groups excluding carboxylic acids is 1. The van der Waals surface area contributed by atoms with Crippen LogP contribution in [0.3, 0.4) is 0 Å². The number of sulfonamides is 1. The lowest BCUT2D eigenvalue weighted by molar-refractivity contribution is -0.122. The molecule has 0 aromatic heterocycles. The van der Waals surface area contributed by atoms with Crippen molar-refractivity contribution in [2.24, 2.45) is 0 Å². The first-order valence-electron chi connectivity index (χ1n) is 7.29. The first kappa shape index (κ1) is 17.6. The van der Waals surface area contributed by atoms with Crippen molar-refractivity contribution in [2.75, 3.05) is 39.3 Å². The van der Waals surface area contributed by atoms with E-state index in [1.54, 1.807) is 6.08 Å². The van der Waals surface area contributed by atoms with Crippen molar-refractivity contribution in [3.63, 3.8) is 0 Å². The first-order valence-corrected chi connectivity index (χ1v) is 8.73. The molecule has 6 nitrogen and oxygen atoms in total. The Morgan fingerprint density at radius 1 is 1.22 bits per heavy atom. The summed E-state index contributed by atoms with van der Waals surface area (Å²) >= 11 is 0. The van der Waals surface area contributed by atoms with Crippen molar-refractivity contribution >= 4 is 15.9 Å². The Kier molecular flexibility index (Phi) is 5.86. The number of hydrogen-bond donors (Lipinski definition) is 1. The van der Waals surface area contributed by atoms with Gasteiger partial charge in [-0.3, -0.25) is 9.69 Å². The molecule has 1 amide bonds. The molecule has 1 aliphatic rings. The minimum atomic E-state index is -3.62. The van der Waals surface area contributed by atoms with Gasteiger partial charge in [0.2, 0.25) is 15.9 Å². The van der Waals surface area contributed by atoms with Gasteiger partial charge in [-0.15, -0.1) is 6.58 Å². The highest BCUT2D eigenvalue weighted by Gasteiger charge is 2.28. The molecule has 0 spiro atoms. The lowest BCUT2D eigenvalue weighted by Gasteiger charge is -2.33. The van der Waals surface area contributed by atoms with Gasteiger partial charge in [0.25, 0.3) is 0 Å². The number of amides is 1. The van der Waals surface area contributed by atoms with Crippen LogP contribution in [0.1, 0.15) is 0 Å². The van der Waals surface area contributed by atoms with Crippen LogP contribution in [0.2, 0.25) is 0 Å². The minimum absolute atomic E-state index is 0.0797. The normalized spacial score (nSPS) is 16.9. The van der Waals surface area contributed by atoms with Crippen molar-refractivity contribution in [2.45, 2.75) is 4.90 Å². The lowest BCUT2D eigenvalue weighted by atomic mass is 10.3. The molecule has 0 atom stereocenters. The maximum atomic E-state index is 12.9. The smallest absolute Gasteiger partial charge is 0.243 e. The fourth-order valence-corrected chi connectivity index (χ4v) is 3.75. The van der Waals surface area contributed by atoms with Gasteiger partial charge in [-0.2, -0.15) is 4.31 Å². The molecule has 0 saturated carbocycles. The molecule has 1 aromatic carbocycles. The zero-order valence-electron chi connectivity index (χ0n) is 12.7. The van der Waals surface area contributed by atoms with Gasteiger partial charge < -0.3 is 5.32 Å². The Labute approximate surface area is 135 Å². The summed E-state index contributed by atoms with van der Waals surface area (Å²) in [5.74, 6) is -0.584. The molecule has 1 N–H and O–H groups in total. The molecule has 0 unspecified atom stereocenters. The molecular weight excluding hydrogens is 321 g/mol. The van der Waals surface area contributed by atoms with Gasteiger partial charge in [0, 0.05) is 32.7 Å². The molecule has 2 rings (SSSR count). The molecule has 1 aromatic rings. The highest BCUT2D eigenvalue weighted by Crippen LogP contribution is 2.17. The summed E-state index contributed by atoms with van der Waals surface area (Å²) in [7, 11) is -3.62. The largest absolute Gasteiger partial charge is 0.352 e. The van der Waals surface area contributed by atoms with E-state index in [1.165, 1.54) is 16.4 Å². The molecular formula is C15H20FN3O3S. The number of hydrogen-bond acceptors (Lipinski definition) is 4. The Morgan fingerprint density at radius 2 is 1.83 bits per heavy atom. The van der Waals surface area contributed by atoms with E-state index in [4.69, 9.17) is 0 Å². The molecule has 0 radical (unpaired) electrons. The Hall–Kier alpha value is -1.77. The van der Waals surface area contributed by atoms with Gasteiger partial charge >= 0.3 is 0 Å². The van der Waals surface area contributed by atoms with Crippen LogP contribution in [-0.2, 0) is 14.8 Å². The summed E-state index contributed by atoms with van der Waals surface area (Å²) in [5.41, 5.74) is 0. The topological polar surface area (TPSA) is 69.7 Å². The maximum absolute atomic E-state index is 12.9. The monoisotopic (exact) mass is 341 g/mol. The van der Waals surface area contributed by atoms with Crippen molar-refractivity contribution in [1.82, 2.24) is 14.5 Å². The van der Waals surface area contributed by atoms with E-state index in [1.807, 2.05) is 4.90 Å². The summed E-state index contributed by atoms with van der Waals surface area (Å²) in [6, 6.07) is 4.79. The van der Waals surface area contributed by atoms with E-state index >= 15 is 0 Å². The summed E-state index contributed by atoms with van der Waals surface area (Å²) in [6.07, 6.45) is 1.60. The average Bonchev–Trinajstić information content (AvgIpc) is 2.54. The van der Waals surface area contributed by atoms with E-state index < -0.39 is 15.8 Å². The molecule has 126 valence electrons. The molecule has 0 bridgehead atoms. The van der Waals surface area contributed by atoms with Gasteiger partial charge in [0.05, 0.1) is 11.4 Å². The van der Waals surface area contributed by atoms with E-state index in [0.717, 1.165) is 12.1 Å². The predicted molar refractivity (Wildman–Crippen MR) is 84.8 cm³/mol. The third-order valence-electron chi connectivity index (χ3n) is 3.59. The van der Waals surface area contributed by atoms with Crippen LogP contribution in [0.4, 0.5) is 4.39 Å². The molecule has 1 heterocycles. The van der Waals surface area contributed by atoms with Crippen LogP contribution >= 0.6 is 0 Å². The average molecular weight is 341 g/mol. The van der Waals surface area contributed by atoms with Gasteiger partial charge in [-0.25, -0.2) is 12.8 Å². The third-order valence-corrected chi connectivity index (χ3v) is 5.51. The van der Waals surface area contributed by atoms with Crippen molar-refractivity contribution in [3.05, 3.63) is 42.7 Å². The van der Waals surface area contributed by atoms with Crippen LogP contribution in [-0.4, -0.2) is 62.8 Å². The van der Waals surface area contributed by atoms with Gasteiger partial charge in [0.15, 0.2) is 0 Å². The maximum Gasteiger partial charge on any atom is 0.243 e. The highest BCUT2D eigenvalue weighted by atomic mass is 32.2. The second-order valence-electron chi connectivity index (χ2n) is 5.23. The standard InChI is InChI=1S/C15H20FN3O3S/c1-2-7-17-15(20)12-18-8-10-19(11-9-18)23(21,22)14-5-3-13(16)4-6-14/h2-6H,1,7-12H2,(H,17,20). The molecule has 1 fully saturated rings. The second-order valence-corrected chi connectivity index (χ2v) is 7.16. The fourth-order valence-electron chi connectivity index (χ4n) is 2.33. The number of piperazine rings is 1. The van der Waals surface area contributed by atoms with Gasteiger partial charge in [-0.1, -0.05) is 6.08 Å². The lowest BCUT2D eigenvalue weighted by Crippen LogP contribution is -2.51. The molecule has 0 aliphatic carbocycles. The number of nitrogens with one attached hydrogen (secondary N) is 1. The summed E-state index contributed by atoms with van der Waals surface area (Å²) in [6.45, 7) is 5.72. The van der Waals surface area contributed by atoms with Crippen LogP contribution in [0, 0.1) is 5.82 Å². The number of halogens is 1. The zero-order valence-corrected chi connectivity index (χ0v) is 13.6. The van der Waals surface area contributed by atoms with Crippen LogP contribution in [0.25, 0.3) is 0 Å². The van der Waals surface area contributed by atoms with Crippen molar-refractivity contribution in [1.29, 1.82) is 0 Å². The molecule has 1 aliphatic heterocycles. The quantitative estimate of drug-likeness (QED) is 0.762. The summed E-state index contributed by atoms with van der Waals surface area (Å²) < 4.78 is 39.2.